The second-order valence-electron chi connectivity index (χ2n) is 7.69. The van der Waals surface area contributed by atoms with E-state index in [4.69, 9.17) is 9.84 Å². The quantitative estimate of drug-likeness (QED) is 0.622. The van der Waals surface area contributed by atoms with Crippen molar-refractivity contribution in [1.82, 2.24) is 14.9 Å². The van der Waals surface area contributed by atoms with E-state index >= 15 is 0 Å². The second kappa shape index (κ2) is 7.99. The summed E-state index contributed by atoms with van der Waals surface area (Å²) >= 11 is 0. The SMILES string of the molecule is Cc1nccn1-c1ccc(COc2cccc(CC3(NC(=O)O)CCC3)c2)cc1. The number of carboxylic acid groups (broad SMARTS) is 1. The number of carbonyl (C=O) groups is 1. The maximum absolute atomic E-state index is 11.1. The molecule has 0 spiro atoms. The lowest BCUT2D eigenvalue weighted by molar-refractivity contribution is 0.144. The van der Waals surface area contributed by atoms with Gasteiger partial charge in [0.1, 0.15) is 18.2 Å². The fourth-order valence-electron chi connectivity index (χ4n) is 3.88. The van der Waals surface area contributed by atoms with Crippen molar-refractivity contribution in [2.24, 2.45) is 0 Å². The molecule has 2 N–H and O–H groups in total. The van der Waals surface area contributed by atoms with Gasteiger partial charge in [-0.15, -0.1) is 0 Å². The minimum Gasteiger partial charge on any atom is -0.489 e. The number of hydrogen-bond acceptors (Lipinski definition) is 3. The summed E-state index contributed by atoms with van der Waals surface area (Å²) in [4.78, 5) is 15.4. The lowest BCUT2D eigenvalue weighted by atomic mass is 9.73. The van der Waals surface area contributed by atoms with E-state index in [9.17, 15) is 4.79 Å². The van der Waals surface area contributed by atoms with Gasteiger partial charge < -0.3 is 19.7 Å². The molecule has 6 heteroatoms. The first-order valence-corrected chi connectivity index (χ1v) is 9.85. The number of aromatic nitrogens is 2. The van der Waals surface area contributed by atoms with E-state index in [2.05, 4.69) is 34.6 Å². The first-order chi connectivity index (χ1) is 14.0. The van der Waals surface area contributed by atoms with Crippen LogP contribution in [0.4, 0.5) is 4.79 Å². The summed E-state index contributed by atoms with van der Waals surface area (Å²) < 4.78 is 8.02. The van der Waals surface area contributed by atoms with Crippen LogP contribution in [0.5, 0.6) is 5.75 Å². The summed E-state index contributed by atoms with van der Waals surface area (Å²) in [5, 5.41) is 11.8. The Balaban J connectivity index is 1.38. The molecule has 2 aromatic carbocycles. The lowest BCUT2D eigenvalue weighted by Crippen LogP contribution is -2.54. The van der Waals surface area contributed by atoms with E-state index in [1.807, 2.05) is 42.0 Å². The smallest absolute Gasteiger partial charge is 0.405 e. The standard InChI is InChI=1S/C23H25N3O3/c1-17-24-12-13-26(17)20-8-6-18(7-9-20)16-29-21-5-2-4-19(14-21)15-23(10-3-11-23)25-22(27)28/h2,4-9,12-14,25H,3,10-11,15-16H2,1H3,(H,27,28). The molecule has 6 nitrogen and oxygen atoms in total. The topological polar surface area (TPSA) is 76.4 Å². The number of aryl methyl sites for hydroxylation is 1. The number of rotatable bonds is 7. The molecule has 150 valence electrons. The molecular formula is C23H25N3O3. The molecule has 0 saturated heterocycles. The minimum absolute atomic E-state index is 0.328. The zero-order chi connectivity index (χ0) is 20.3. The first kappa shape index (κ1) is 19.1. The van der Waals surface area contributed by atoms with Crippen LogP contribution in [0.25, 0.3) is 5.69 Å². The molecule has 0 aliphatic heterocycles. The number of benzene rings is 2. The Hall–Kier alpha value is -3.28. The molecule has 1 heterocycles. The predicted octanol–water partition coefficient (Wildman–Crippen LogP) is 4.49. The Morgan fingerprint density at radius 2 is 2.00 bits per heavy atom. The third kappa shape index (κ3) is 4.42. The maximum atomic E-state index is 11.1. The van der Waals surface area contributed by atoms with Gasteiger partial charge in [-0.1, -0.05) is 24.3 Å². The highest BCUT2D eigenvalue weighted by Gasteiger charge is 2.38. The van der Waals surface area contributed by atoms with Gasteiger partial charge in [-0.2, -0.15) is 0 Å². The monoisotopic (exact) mass is 391 g/mol. The van der Waals surface area contributed by atoms with Crippen LogP contribution in [0.3, 0.4) is 0 Å². The van der Waals surface area contributed by atoms with E-state index in [-0.39, 0.29) is 5.54 Å². The highest BCUT2D eigenvalue weighted by Crippen LogP contribution is 2.35. The molecule has 1 amide bonds. The van der Waals surface area contributed by atoms with Gasteiger partial charge in [-0.3, -0.25) is 0 Å². The van der Waals surface area contributed by atoms with Crippen molar-refractivity contribution in [3.8, 4) is 11.4 Å². The van der Waals surface area contributed by atoms with Crippen LogP contribution in [0.2, 0.25) is 0 Å². The minimum atomic E-state index is -0.952. The largest absolute Gasteiger partial charge is 0.489 e. The normalized spacial score (nSPS) is 14.8. The van der Waals surface area contributed by atoms with E-state index in [0.29, 0.717) is 13.0 Å². The molecule has 1 aromatic heterocycles. The Kier molecular flexibility index (Phi) is 5.25. The summed E-state index contributed by atoms with van der Waals surface area (Å²) in [5.41, 5.74) is 2.91. The van der Waals surface area contributed by atoms with Gasteiger partial charge in [0.2, 0.25) is 0 Å². The molecule has 3 aromatic rings. The fraction of sp³-hybridized carbons (Fsp3) is 0.304. The number of nitrogens with zero attached hydrogens (tertiary/aromatic N) is 2. The van der Waals surface area contributed by atoms with Crippen molar-refractivity contribution in [2.75, 3.05) is 0 Å². The number of amides is 1. The van der Waals surface area contributed by atoms with Crippen molar-refractivity contribution in [2.45, 2.75) is 44.8 Å². The first-order valence-electron chi connectivity index (χ1n) is 9.85. The molecule has 1 saturated carbocycles. The highest BCUT2D eigenvalue weighted by molar-refractivity contribution is 5.66. The highest BCUT2D eigenvalue weighted by atomic mass is 16.5. The summed E-state index contributed by atoms with van der Waals surface area (Å²) in [5.74, 6) is 1.74. The van der Waals surface area contributed by atoms with Crippen molar-refractivity contribution in [3.05, 3.63) is 77.9 Å². The summed E-state index contributed by atoms with van der Waals surface area (Å²) in [7, 11) is 0. The molecule has 0 radical (unpaired) electrons. The van der Waals surface area contributed by atoms with Crippen LogP contribution in [0.1, 0.15) is 36.2 Å². The van der Waals surface area contributed by atoms with Gasteiger partial charge in [0, 0.05) is 23.6 Å². The Morgan fingerprint density at radius 1 is 1.21 bits per heavy atom. The van der Waals surface area contributed by atoms with Crippen molar-refractivity contribution >= 4 is 6.09 Å². The fourth-order valence-corrected chi connectivity index (χ4v) is 3.88. The van der Waals surface area contributed by atoms with E-state index < -0.39 is 6.09 Å². The zero-order valence-electron chi connectivity index (χ0n) is 16.5. The van der Waals surface area contributed by atoms with Gasteiger partial charge >= 0.3 is 6.09 Å². The zero-order valence-corrected chi connectivity index (χ0v) is 16.5. The molecule has 29 heavy (non-hydrogen) atoms. The average Bonchev–Trinajstić information content (AvgIpc) is 3.11. The molecule has 0 atom stereocenters. The number of hydrogen-bond donors (Lipinski definition) is 2. The Bertz CT molecular complexity index is 991. The average molecular weight is 391 g/mol. The van der Waals surface area contributed by atoms with Crippen LogP contribution in [0.15, 0.2) is 60.9 Å². The van der Waals surface area contributed by atoms with Crippen LogP contribution >= 0.6 is 0 Å². The van der Waals surface area contributed by atoms with Crippen molar-refractivity contribution in [1.29, 1.82) is 0 Å². The van der Waals surface area contributed by atoms with Gasteiger partial charge in [-0.05, 0) is 68.0 Å². The van der Waals surface area contributed by atoms with E-state index in [1.165, 1.54) is 0 Å². The van der Waals surface area contributed by atoms with Gasteiger partial charge in [0.25, 0.3) is 0 Å². The molecule has 1 aliphatic rings. The number of imidazole rings is 1. The Labute approximate surface area is 170 Å². The van der Waals surface area contributed by atoms with E-state index in [1.54, 1.807) is 6.20 Å². The lowest BCUT2D eigenvalue weighted by Gasteiger charge is -2.41. The van der Waals surface area contributed by atoms with Gasteiger partial charge in [0.05, 0.1) is 0 Å². The number of nitrogens with one attached hydrogen (secondary N) is 1. The van der Waals surface area contributed by atoms with Crippen LogP contribution in [-0.2, 0) is 13.0 Å². The molecular weight excluding hydrogens is 366 g/mol. The third-order valence-electron chi connectivity index (χ3n) is 5.57. The second-order valence-corrected chi connectivity index (χ2v) is 7.69. The molecule has 1 aliphatic carbocycles. The Morgan fingerprint density at radius 3 is 2.62 bits per heavy atom. The molecule has 0 unspecified atom stereocenters. The van der Waals surface area contributed by atoms with Crippen LogP contribution in [0, 0.1) is 6.92 Å². The van der Waals surface area contributed by atoms with Gasteiger partial charge in [-0.25, -0.2) is 9.78 Å². The molecule has 1 fully saturated rings. The van der Waals surface area contributed by atoms with Crippen LogP contribution < -0.4 is 10.1 Å². The van der Waals surface area contributed by atoms with Gasteiger partial charge in [0.15, 0.2) is 0 Å². The van der Waals surface area contributed by atoms with Crippen molar-refractivity contribution < 1.29 is 14.6 Å². The summed E-state index contributed by atoms with van der Waals surface area (Å²) in [6.07, 6.45) is 6.30. The number of ether oxygens (including phenoxy) is 1. The predicted molar refractivity (Wildman–Crippen MR) is 111 cm³/mol. The van der Waals surface area contributed by atoms with Crippen LogP contribution in [-0.4, -0.2) is 26.3 Å². The summed E-state index contributed by atoms with van der Waals surface area (Å²) in [6, 6.07) is 16.2. The van der Waals surface area contributed by atoms with E-state index in [0.717, 1.165) is 47.7 Å². The third-order valence-corrected chi connectivity index (χ3v) is 5.57. The maximum Gasteiger partial charge on any atom is 0.405 e. The van der Waals surface area contributed by atoms with Crippen molar-refractivity contribution in [3.63, 3.8) is 0 Å². The summed E-state index contributed by atoms with van der Waals surface area (Å²) in [6.45, 7) is 2.45. The molecule has 0 bridgehead atoms. The molecule has 4 rings (SSSR count).